The molecule has 1 aromatic rings. The highest BCUT2D eigenvalue weighted by atomic mass is 79.9. The molecule has 1 saturated carbocycles. The van der Waals surface area contributed by atoms with Crippen LogP contribution >= 0.6 is 15.9 Å². The fourth-order valence-electron chi connectivity index (χ4n) is 3.34. The molecule has 1 saturated heterocycles. The molecule has 0 spiro atoms. The lowest BCUT2D eigenvalue weighted by Gasteiger charge is -2.19. The Morgan fingerprint density at radius 2 is 1.94 bits per heavy atom. The molecule has 18 heavy (non-hydrogen) atoms. The minimum Gasteiger partial charge on any atom is -0.365 e. The monoisotopic (exact) mass is 310 g/mol. The molecule has 1 aliphatic heterocycles. The maximum atomic E-state index is 11.1. The summed E-state index contributed by atoms with van der Waals surface area (Å²) in [6.45, 7) is 1.96. The van der Waals surface area contributed by atoms with E-state index in [1.807, 2.05) is 12.1 Å². The highest BCUT2D eigenvalue weighted by Gasteiger charge is 2.37. The Morgan fingerprint density at radius 3 is 2.56 bits per heavy atom. The second-order valence-corrected chi connectivity index (χ2v) is 6.16. The van der Waals surface area contributed by atoms with Crippen molar-refractivity contribution < 1.29 is 4.92 Å². The Labute approximate surface area is 114 Å². The van der Waals surface area contributed by atoms with Gasteiger partial charge in [-0.05, 0) is 36.8 Å². The fourth-order valence-corrected chi connectivity index (χ4v) is 3.69. The molecule has 0 aromatic heterocycles. The van der Waals surface area contributed by atoms with E-state index >= 15 is 0 Å². The minimum atomic E-state index is -0.284. The molecular formula is C13H15BrN2O2. The third-order valence-electron chi connectivity index (χ3n) is 4.20. The van der Waals surface area contributed by atoms with Crippen LogP contribution in [0.1, 0.15) is 19.3 Å². The molecule has 1 aliphatic carbocycles. The van der Waals surface area contributed by atoms with E-state index in [0.29, 0.717) is 0 Å². The van der Waals surface area contributed by atoms with Crippen molar-refractivity contribution in [2.24, 2.45) is 11.8 Å². The summed E-state index contributed by atoms with van der Waals surface area (Å²) in [6.07, 6.45) is 3.89. The molecule has 2 aliphatic rings. The standard InChI is InChI=1S/C13H15BrN2O2/c14-11-4-5-12(13(6-11)16(17)18)15-7-9-2-1-3-10(9)8-15/h4-6,9-10H,1-3,7-8H2. The van der Waals surface area contributed by atoms with Gasteiger partial charge in [0.25, 0.3) is 5.69 Å². The molecule has 5 heteroatoms. The van der Waals surface area contributed by atoms with Crippen LogP contribution < -0.4 is 4.90 Å². The Kier molecular flexibility index (Phi) is 3.01. The summed E-state index contributed by atoms with van der Waals surface area (Å²) >= 11 is 3.30. The number of benzene rings is 1. The molecule has 2 fully saturated rings. The van der Waals surface area contributed by atoms with E-state index in [-0.39, 0.29) is 10.6 Å². The molecule has 0 bridgehead atoms. The molecule has 0 N–H and O–H groups in total. The van der Waals surface area contributed by atoms with Crippen LogP contribution in [0.15, 0.2) is 22.7 Å². The summed E-state index contributed by atoms with van der Waals surface area (Å²) in [5.41, 5.74) is 0.988. The third-order valence-corrected chi connectivity index (χ3v) is 4.69. The zero-order chi connectivity index (χ0) is 12.7. The molecule has 96 valence electrons. The van der Waals surface area contributed by atoms with Crippen molar-refractivity contribution in [3.63, 3.8) is 0 Å². The molecule has 3 rings (SSSR count). The van der Waals surface area contributed by atoms with Crippen molar-refractivity contribution in [1.82, 2.24) is 0 Å². The predicted octanol–water partition coefficient (Wildman–Crippen LogP) is 3.59. The second-order valence-electron chi connectivity index (χ2n) is 5.25. The molecule has 4 nitrogen and oxygen atoms in total. The highest BCUT2D eigenvalue weighted by Crippen LogP contribution is 2.42. The van der Waals surface area contributed by atoms with Gasteiger partial charge in [0.1, 0.15) is 5.69 Å². The van der Waals surface area contributed by atoms with E-state index in [0.717, 1.165) is 35.1 Å². The Hall–Kier alpha value is -1.10. The predicted molar refractivity (Wildman–Crippen MR) is 73.8 cm³/mol. The van der Waals surface area contributed by atoms with Gasteiger partial charge in [-0.2, -0.15) is 0 Å². The lowest BCUT2D eigenvalue weighted by molar-refractivity contribution is -0.384. The topological polar surface area (TPSA) is 46.4 Å². The Bertz CT molecular complexity index is 480. The van der Waals surface area contributed by atoms with Crippen molar-refractivity contribution in [2.75, 3.05) is 18.0 Å². The van der Waals surface area contributed by atoms with E-state index in [9.17, 15) is 10.1 Å². The van der Waals surface area contributed by atoms with Gasteiger partial charge in [0, 0.05) is 23.6 Å². The number of halogens is 1. The summed E-state index contributed by atoms with van der Waals surface area (Å²) < 4.78 is 0.761. The summed E-state index contributed by atoms with van der Waals surface area (Å²) in [7, 11) is 0. The van der Waals surface area contributed by atoms with Gasteiger partial charge < -0.3 is 4.90 Å². The van der Waals surface area contributed by atoms with Crippen LogP contribution in [0.25, 0.3) is 0 Å². The first-order valence-electron chi connectivity index (χ1n) is 6.34. The first-order valence-corrected chi connectivity index (χ1v) is 7.13. The maximum Gasteiger partial charge on any atom is 0.293 e. The number of fused-ring (bicyclic) bond motifs is 1. The van der Waals surface area contributed by atoms with Crippen LogP contribution in [0.3, 0.4) is 0 Å². The van der Waals surface area contributed by atoms with Crippen LogP contribution in [0.4, 0.5) is 11.4 Å². The lowest BCUT2D eigenvalue weighted by atomic mass is 10.0. The number of rotatable bonds is 2. The normalized spacial score (nSPS) is 26.4. The van der Waals surface area contributed by atoms with E-state index in [2.05, 4.69) is 20.8 Å². The van der Waals surface area contributed by atoms with E-state index in [4.69, 9.17) is 0 Å². The second kappa shape index (κ2) is 4.53. The molecule has 0 radical (unpaired) electrons. The van der Waals surface area contributed by atoms with Crippen LogP contribution in [-0.2, 0) is 0 Å². The molecular weight excluding hydrogens is 296 g/mol. The minimum absolute atomic E-state index is 0.212. The largest absolute Gasteiger partial charge is 0.365 e. The Balaban J connectivity index is 1.90. The maximum absolute atomic E-state index is 11.1. The fraction of sp³-hybridized carbons (Fsp3) is 0.538. The van der Waals surface area contributed by atoms with Gasteiger partial charge in [0.05, 0.1) is 4.92 Å². The van der Waals surface area contributed by atoms with Crippen molar-refractivity contribution in [2.45, 2.75) is 19.3 Å². The van der Waals surface area contributed by atoms with Crippen LogP contribution in [0.2, 0.25) is 0 Å². The molecule has 1 heterocycles. The molecule has 0 amide bonds. The number of nitro groups is 1. The van der Waals surface area contributed by atoms with Gasteiger partial charge in [-0.1, -0.05) is 22.4 Å². The summed E-state index contributed by atoms with van der Waals surface area (Å²) in [6, 6.07) is 5.35. The van der Waals surface area contributed by atoms with E-state index in [1.165, 1.54) is 19.3 Å². The smallest absolute Gasteiger partial charge is 0.293 e. The zero-order valence-corrected chi connectivity index (χ0v) is 11.6. The molecule has 1 aromatic carbocycles. The van der Waals surface area contributed by atoms with Gasteiger partial charge in [0.2, 0.25) is 0 Å². The first-order chi connectivity index (χ1) is 8.65. The highest BCUT2D eigenvalue weighted by molar-refractivity contribution is 9.10. The van der Waals surface area contributed by atoms with Gasteiger partial charge in [-0.3, -0.25) is 10.1 Å². The van der Waals surface area contributed by atoms with Gasteiger partial charge in [0.15, 0.2) is 0 Å². The number of hydrogen-bond acceptors (Lipinski definition) is 3. The van der Waals surface area contributed by atoms with Gasteiger partial charge in [-0.25, -0.2) is 0 Å². The average Bonchev–Trinajstić information content (AvgIpc) is 2.88. The SMILES string of the molecule is O=[N+]([O-])c1cc(Br)ccc1N1CC2CCCC2C1. The number of nitrogens with zero attached hydrogens (tertiary/aromatic N) is 2. The van der Waals surface area contributed by atoms with E-state index < -0.39 is 0 Å². The summed E-state index contributed by atoms with van der Waals surface area (Å²) in [5, 5.41) is 11.1. The van der Waals surface area contributed by atoms with Crippen LogP contribution in [0.5, 0.6) is 0 Å². The quantitative estimate of drug-likeness (QED) is 0.619. The van der Waals surface area contributed by atoms with E-state index in [1.54, 1.807) is 6.07 Å². The average molecular weight is 311 g/mol. The van der Waals surface area contributed by atoms with Crippen molar-refractivity contribution in [1.29, 1.82) is 0 Å². The lowest BCUT2D eigenvalue weighted by Crippen LogP contribution is -2.21. The van der Waals surface area contributed by atoms with Gasteiger partial charge >= 0.3 is 0 Å². The van der Waals surface area contributed by atoms with Gasteiger partial charge in [-0.15, -0.1) is 0 Å². The molecule has 2 unspecified atom stereocenters. The van der Waals surface area contributed by atoms with Crippen LogP contribution in [-0.4, -0.2) is 18.0 Å². The summed E-state index contributed by atoms with van der Waals surface area (Å²) in [4.78, 5) is 13.0. The Morgan fingerprint density at radius 1 is 1.28 bits per heavy atom. The van der Waals surface area contributed by atoms with Crippen molar-refractivity contribution >= 4 is 27.3 Å². The number of nitro benzene ring substituents is 1. The number of hydrogen-bond donors (Lipinski definition) is 0. The van der Waals surface area contributed by atoms with Crippen molar-refractivity contribution in [3.8, 4) is 0 Å². The zero-order valence-electron chi connectivity index (χ0n) is 10.0. The summed E-state index contributed by atoms with van der Waals surface area (Å²) in [5.74, 6) is 1.49. The first kappa shape index (κ1) is 12.0. The van der Waals surface area contributed by atoms with Crippen molar-refractivity contribution in [3.05, 3.63) is 32.8 Å². The van der Waals surface area contributed by atoms with Crippen LogP contribution in [0, 0.1) is 22.0 Å². The third kappa shape index (κ3) is 2.00. The number of anilines is 1. The molecule has 2 atom stereocenters.